The van der Waals surface area contributed by atoms with E-state index in [0.717, 1.165) is 10.9 Å². The Hall–Kier alpha value is -0.281. The molecule has 0 unspecified atom stereocenters. The van der Waals surface area contributed by atoms with Crippen LogP contribution in [-0.4, -0.2) is 22.2 Å². The van der Waals surface area contributed by atoms with E-state index in [-0.39, 0.29) is 32.7 Å². The fourth-order valence-electron chi connectivity index (χ4n) is 1.20. The van der Waals surface area contributed by atoms with Crippen molar-refractivity contribution in [1.82, 2.24) is 4.98 Å². The molecule has 3 nitrogen and oxygen atoms in total. The maximum Gasteiger partial charge on any atom is 0.488 e. The van der Waals surface area contributed by atoms with Gasteiger partial charge < -0.3 is 15.0 Å². The van der Waals surface area contributed by atoms with E-state index in [1.54, 1.807) is 24.3 Å². The molecular weight excluding hydrogens is 254 g/mol. The van der Waals surface area contributed by atoms with Crippen LogP contribution in [0.3, 0.4) is 0 Å². The van der Waals surface area contributed by atoms with Crippen molar-refractivity contribution in [2.24, 2.45) is 0 Å². The van der Waals surface area contributed by atoms with Gasteiger partial charge >= 0.3 is 7.12 Å². The monoisotopic (exact) mass is 261 g/mol. The molecule has 0 amide bonds. The minimum absolute atomic E-state index is 0. The smallest absolute Gasteiger partial charge is 0.423 e. The molecule has 1 heterocycles. The van der Waals surface area contributed by atoms with Gasteiger partial charge in [0, 0.05) is 32.7 Å². The standard InChI is InChI=1S/C9H7BNO2.Y/c12-10(13)8-3-4-9-7(6-8)2-1-5-11-9;/h1-4,6,12-13H;/q-1;. The number of pyridine rings is 1. The molecule has 0 fully saturated rings. The third kappa shape index (κ3) is 2.39. The molecule has 1 aromatic heterocycles. The van der Waals surface area contributed by atoms with Crippen LogP contribution in [0.15, 0.2) is 30.3 Å². The van der Waals surface area contributed by atoms with Crippen molar-refractivity contribution in [3.05, 3.63) is 36.5 Å². The Morgan fingerprint density at radius 1 is 1.21 bits per heavy atom. The van der Waals surface area contributed by atoms with Crippen LogP contribution in [0.4, 0.5) is 0 Å². The van der Waals surface area contributed by atoms with Crippen molar-refractivity contribution in [2.75, 3.05) is 0 Å². The third-order valence-electron chi connectivity index (χ3n) is 1.87. The summed E-state index contributed by atoms with van der Waals surface area (Å²) in [5.41, 5.74) is 1.27. The second kappa shape index (κ2) is 4.98. The second-order valence-corrected chi connectivity index (χ2v) is 2.77. The molecule has 0 aliphatic carbocycles. The second-order valence-electron chi connectivity index (χ2n) is 2.77. The molecule has 0 spiro atoms. The SMILES string of the molecule is OB(O)c1ccc2n[c-]ccc2c1.[Y]. The van der Waals surface area contributed by atoms with Gasteiger partial charge in [-0.2, -0.15) is 12.1 Å². The van der Waals surface area contributed by atoms with Crippen molar-refractivity contribution in [3.63, 3.8) is 0 Å². The van der Waals surface area contributed by atoms with Gasteiger partial charge in [-0.05, 0) is 11.0 Å². The van der Waals surface area contributed by atoms with E-state index in [1.165, 1.54) is 0 Å². The molecule has 0 aliphatic rings. The van der Waals surface area contributed by atoms with Gasteiger partial charge in [-0.25, -0.2) is 0 Å². The Morgan fingerprint density at radius 3 is 2.71 bits per heavy atom. The predicted molar refractivity (Wildman–Crippen MR) is 50.4 cm³/mol. The molecule has 0 atom stereocenters. The van der Waals surface area contributed by atoms with Gasteiger partial charge in [0.25, 0.3) is 0 Å². The zero-order valence-electron chi connectivity index (χ0n) is 7.38. The van der Waals surface area contributed by atoms with Crippen LogP contribution in [0.1, 0.15) is 0 Å². The van der Waals surface area contributed by atoms with Crippen LogP contribution in [0.25, 0.3) is 10.9 Å². The van der Waals surface area contributed by atoms with Crippen LogP contribution in [-0.2, 0) is 32.7 Å². The van der Waals surface area contributed by atoms with E-state index >= 15 is 0 Å². The summed E-state index contributed by atoms with van der Waals surface area (Å²) in [6.45, 7) is 0. The first-order valence-electron chi connectivity index (χ1n) is 3.90. The number of hydrogen-bond donors (Lipinski definition) is 2. The normalized spacial score (nSPS) is 9.57. The molecule has 0 saturated carbocycles. The fraction of sp³-hybridized carbons (Fsp3) is 0. The summed E-state index contributed by atoms with van der Waals surface area (Å²) in [7, 11) is -1.42. The maximum atomic E-state index is 8.91. The van der Waals surface area contributed by atoms with E-state index in [2.05, 4.69) is 11.2 Å². The predicted octanol–water partition coefficient (Wildman–Crippen LogP) is -0.288. The summed E-state index contributed by atoms with van der Waals surface area (Å²) in [6, 6.07) is 8.58. The topological polar surface area (TPSA) is 53.4 Å². The minimum Gasteiger partial charge on any atom is -0.423 e. The molecule has 1 radical (unpaired) electrons. The summed E-state index contributed by atoms with van der Waals surface area (Å²) < 4.78 is 0. The van der Waals surface area contributed by atoms with E-state index in [0.29, 0.717) is 5.46 Å². The summed E-state index contributed by atoms with van der Waals surface area (Å²) in [5.74, 6) is 0. The maximum absolute atomic E-state index is 8.91. The Kier molecular flexibility index (Phi) is 4.20. The number of fused-ring (bicyclic) bond motifs is 1. The van der Waals surface area contributed by atoms with Gasteiger partial charge in [0.1, 0.15) is 0 Å². The zero-order valence-corrected chi connectivity index (χ0v) is 10.2. The number of rotatable bonds is 1. The van der Waals surface area contributed by atoms with Crippen molar-refractivity contribution < 1.29 is 42.8 Å². The summed E-state index contributed by atoms with van der Waals surface area (Å²) in [5, 5.41) is 18.7. The summed E-state index contributed by atoms with van der Waals surface area (Å²) in [4.78, 5) is 3.99. The van der Waals surface area contributed by atoms with E-state index in [1.807, 2.05) is 6.07 Å². The average molecular weight is 261 g/mol. The zero-order chi connectivity index (χ0) is 9.26. The van der Waals surface area contributed by atoms with E-state index < -0.39 is 7.12 Å². The van der Waals surface area contributed by atoms with Crippen LogP contribution in [0.2, 0.25) is 0 Å². The Balaban J connectivity index is 0.000000980. The molecule has 2 rings (SSSR count). The minimum atomic E-state index is -1.42. The van der Waals surface area contributed by atoms with Crippen molar-refractivity contribution in [3.8, 4) is 0 Å². The van der Waals surface area contributed by atoms with Gasteiger partial charge in [-0.15, -0.1) is 5.39 Å². The van der Waals surface area contributed by atoms with E-state index in [9.17, 15) is 0 Å². The van der Waals surface area contributed by atoms with Crippen molar-refractivity contribution in [2.45, 2.75) is 0 Å². The molecule has 67 valence electrons. The number of benzene rings is 1. The van der Waals surface area contributed by atoms with Crippen LogP contribution in [0.5, 0.6) is 0 Å². The first kappa shape index (κ1) is 11.8. The number of hydrogen-bond acceptors (Lipinski definition) is 3. The summed E-state index contributed by atoms with van der Waals surface area (Å²) in [6.07, 6.45) is 2.71. The largest absolute Gasteiger partial charge is 0.488 e. The average Bonchev–Trinajstić information content (AvgIpc) is 2.17. The molecular formula is C9H7BNO2Y-. The molecule has 2 N–H and O–H groups in total. The Bertz CT molecular complexity index is 436. The molecule has 0 bridgehead atoms. The molecule has 0 aliphatic heterocycles. The van der Waals surface area contributed by atoms with Crippen LogP contribution in [0, 0.1) is 6.20 Å². The van der Waals surface area contributed by atoms with Gasteiger partial charge in [0.05, 0.1) is 0 Å². The fourth-order valence-corrected chi connectivity index (χ4v) is 1.20. The van der Waals surface area contributed by atoms with Gasteiger partial charge in [0.15, 0.2) is 0 Å². The Morgan fingerprint density at radius 2 is 2.00 bits per heavy atom. The summed E-state index contributed by atoms with van der Waals surface area (Å²) >= 11 is 0. The van der Waals surface area contributed by atoms with Gasteiger partial charge in [-0.3, -0.25) is 0 Å². The van der Waals surface area contributed by atoms with Gasteiger partial charge in [0.2, 0.25) is 0 Å². The van der Waals surface area contributed by atoms with Crippen LogP contribution >= 0.6 is 0 Å². The Labute approximate surface area is 107 Å². The van der Waals surface area contributed by atoms with Crippen LogP contribution < -0.4 is 5.46 Å². The third-order valence-corrected chi connectivity index (χ3v) is 1.87. The first-order chi connectivity index (χ1) is 6.27. The van der Waals surface area contributed by atoms with Crippen molar-refractivity contribution >= 4 is 23.5 Å². The molecule has 5 heteroatoms. The molecule has 2 aromatic rings. The number of nitrogens with zero attached hydrogens (tertiary/aromatic N) is 1. The first-order valence-corrected chi connectivity index (χ1v) is 3.90. The van der Waals surface area contributed by atoms with Crippen molar-refractivity contribution in [1.29, 1.82) is 0 Å². The van der Waals surface area contributed by atoms with Gasteiger partial charge in [-0.1, -0.05) is 24.4 Å². The molecule has 1 aromatic carbocycles. The molecule has 0 saturated heterocycles. The molecule has 14 heavy (non-hydrogen) atoms. The number of aromatic nitrogens is 1. The van der Waals surface area contributed by atoms with E-state index in [4.69, 9.17) is 10.0 Å². The quantitative estimate of drug-likeness (QED) is 0.548.